The van der Waals surface area contributed by atoms with Crippen molar-refractivity contribution in [3.8, 4) is 5.75 Å². The number of hydrazine groups is 1. The highest BCUT2D eigenvalue weighted by atomic mass is 35.5. The van der Waals surface area contributed by atoms with Crippen LogP contribution in [-0.2, 0) is 9.59 Å². The molecule has 1 fully saturated rings. The Hall–Kier alpha value is -3.06. The Labute approximate surface area is 173 Å². The predicted molar refractivity (Wildman–Crippen MR) is 110 cm³/mol. The van der Waals surface area contributed by atoms with Gasteiger partial charge >= 0.3 is 0 Å². The molecule has 0 unspecified atom stereocenters. The molecule has 2 N–H and O–H groups in total. The number of carbonyl (C=O) groups is 3. The molecule has 29 heavy (non-hydrogen) atoms. The molecule has 3 rings (SSSR count). The van der Waals surface area contributed by atoms with Gasteiger partial charge in [0.15, 0.2) is 6.61 Å². The fourth-order valence-corrected chi connectivity index (χ4v) is 3.38. The van der Waals surface area contributed by atoms with Gasteiger partial charge in [0.1, 0.15) is 5.75 Å². The Morgan fingerprint density at radius 1 is 1.14 bits per heavy atom. The van der Waals surface area contributed by atoms with Crippen molar-refractivity contribution in [2.24, 2.45) is 0 Å². The van der Waals surface area contributed by atoms with E-state index in [1.165, 1.54) is 6.07 Å². The number of hydrogen-bond acceptors (Lipinski definition) is 4. The Bertz CT molecular complexity index is 941. The van der Waals surface area contributed by atoms with Gasteiger partial charge in [-0.15, -0.1) is 0 Å². The monoisotopic (exact) mass is 415 g/mol. The van der Waals surface area contributed by atoms with Crippen molar-refractivity contribution in [1.29, 1.82) is 0 Å². The van der Waals surface area contributed by atoms with E-state index in [4.69, 9.17) is 16.3 Å². The van der Waals surface area contributed by atoms with Crippen LogP contribution >= 0.6 is 11.6 Å². The number of aryl methyl sites for hydroxylation is 2. The minimum absolute atomic E-state index is 0.0265. The van der Waals surface area contributed by atoms with Gasteiger partial charge in [-0.1, -0.05) is 29.8 Å². The summed E-state index contributed by atoms with van der Waals surface area (Å²) in [5.41, 5.74) is 7.29. The van der Waals surface area contributed by atoms with Crippen LogP contribution in [0.2, 0.25) is 5.02 Å². The van der Waals surface area contributed by atoms with E-state index in [2.05, 4.69) is 10.9 Å². The molecular formula is C21H22ClN3O4. The van der Waals surface area contributed by atoms with Crippen molar-refractivity contribution >= 4 is 35.0 Å². The number of benzene rings is 2. The number of nitrogens with one attached hydrogen (secondary N) is 2. The zero-order valence-corrected chi connectivity index (χ0v) is 17.0. The molecule has 0 aliphatic carbocycles. The van der Waals surface area contributed by atoms with Crippen LogP contribution in [0, 0.1) is 13.8 Å². The minimum atomic E-state index is -0.519. The summed E-state index contributed by atoms with van der Waals surface area (Å²) in [6.07, 6.45) is 1.21. The van der Waals surface area contributed by atoms with Gasteiger partial charge in [-0.3, -0.25) is 25.2 Å². The average molecular weight is 416 g/mol. The summed E-state index contributed by atoms with van der Waals surface area (Å²) < 4.78 is 5.56. The average Bonchev–Trinajstić information content (AvgIpc) is 3.11. The first-order valence-electron chi connectivity index (χ1n) is 9.25. The van der Waals surface area contributed by atoms with Gasteiger partial charge in [-0.25, -0.2) is 0 Å². The summed E-state index contributed by atoms with van der Waals surface area (Å²) in [5.74, 6) is -0.395. The van der Waals surface area contributed by atoms with Crippen molar-refractivity contribution in [2.75, 3.05) is 18.1 Å². The molecule has 0 saturated carbocycles. The summed E-state index contributed by atoms with van der Waals surface area (Å²) in [6.45, 7) is 4.12. The fourth-order valence-electron chi connectivity index (χ4n) is 3.16. The summed E-state index contributed by atoms with van der Waals surface area (Å²) >= 11 is 6.19. The lowest BCUT2D eigenvalue weighted by Gasteiger charge is -2.18. The molecule has 1 aliphatic rings. The van der Waals surface area contributed by atoms with Crippen LogP contribution in [0.25, 0.3) is 0 Å². The van der Waals surface area contributed by atoms with Crippen LogP contribution in [0.4, 0.5) is 5.69 Å². The van der Waals surface area contributed by atoms with Crippen LogP contribution in [0.5, 0.6) is 5.75 Å². The second kappa shape index (κ2) is 8.96. The van der Waals surface area contributed by atoms with Gasteiger partial charge < -0.3 is 9.64 Å². The van der Waals surface area contributed by atoms with Crippen LogP contribution in [0.15, 0.2) is 36.4 Å². The molecule has 2 aromatic rings. The Balaban J connectivity index is 1.58. The fraction of sp³-hybridized carbons (Fsp3) is 0.286. The van der Waals surface area contributed by atoms with E-state index in [9.17, 15) is 14.4 Å². The normalized spacial score (nSPS) is 13.3. The number of ether oxygens (including phenoxy) is 1. The Morgan fingerprint density at radius 3 is 2.52 bits per heavy atom. The number of halogens is 1. The molecule has 1 aliphatic heterocycles. The lowest BCUT2D eigenvalue weighted by molar-refractivity contribution is -0.123. The van der Waals surface area contributed by atoms with Crippen molar-refractivity contribution < 1.29 is 19.1 Å². The molecule has 3 amide bonds. The predicted octanol–water partition coefficient (Wildman–Crippen LogP) is 2.92. The molecule has 152 valence electrons. The second-order valence-corrected chi connectivity index (χ2v) is 7.23. The Morgan fingerprint density at radius 2 is 1.86 bits per heavy atom. The smallest absolute Gasteiger partial charge is 0.276 e. The lowest BCUT2D eigenvalue weighted by atomic mass is 10.1. The third kappa shape index (κ3) is 4.86. The van der Waals surface area contributed by atoms with Gasteiger partial charge in [0.05, 0.1) is 10.7 Å². The molecule has 0 atom stereocenters. The lowest BCUT2D eigenvalue weighted by Crippen LogP contribution is -2.44. The van der Waals surface area contributed by atoms with Crippen molar-refractivity contribution in [3.05, 3.63) is 58.1 Å². The summed E-state index contributed by atoms with van der Waals surface area (Å²) in [7, 11) is 0. The molecule has 1 heterocycles. The molecular weight excluding hydrogens is 394 g/mol. The number of hydrogen-bond donors (Lipinski definition) is 2. The maximum absolute atomic E-state index is 12.4. The van der Waals surface area contributed by atoms with Crippen LogP contribution in [0.1, 0.15) is 34.3 Å². The molecule has 0 radical (unpaired) electrons. The molecule has 2 aromatic carbocycles. The third-order valence-electron chi connectivity index (χ3n) is 4.64. The third-order valence-corrected chi connectivity index (χ3v) is 4.96. The van der Waals surface area contributed by atoms with E-state index in [1.807, 2.05) is 32.0 Å². The molecule has 7 nitrogen and oxygen atoms in total. The molecule has 0 spiro atoms. The Kier molecular flexibility index (Phi) is 6.39. The second-order valence-electron chi connectivity index (χ2n) is 6.83. The number of amides is 3. The number of nitrogens with zero attached hydrogens (tertiary/aromatic N) is 1. The van der Waals surface area contributed by atoms with Gasteiger partial charge in [-0.2, -0.15) is 0 Å². The molecule has 0 bridgehead atoms. The highest BCUT2D eigenvalue weighted by Crippen LogP contribution is 2.30. The van der Waals surface area contributed by atoms with E-state index >= 15 is 0 Å². The van der Waals surface area contributed by atoms with Gasteiger partial charge in [-0.05, 0) is 49.6 Å². The minimum Gasteiger partial charge on any atom is -0.483 e. The van der Waals surface area contributed by atoms with Gasteiger partial charge in [0.25, 0.3) is 11.8 Å². The van der Waals surface area contributed by atoms with Crippen molar-refractivity contribution in [1.82, 2.24) is 10.9 Å². The van der Waals surface area contributed by atoms with E-state index in [0.29, 0.717) is 29.4 Å². The first kappa shape index (κ1) is 20.7. The van der Waals surface area contributed by atoms with Gasteiger partial charge in [0.2, 0.25) is 5.91 Å². The number of para-hydroxylation sites is 1. The maximum atomic E-state index is 12.4. The zero-order valence-electron chi connectivity index (χ0n) is 16.3. The first-order valence-corrected chi connectivity index (χ1v) is 9.62. The van der Waals surface area contributed by atoms with Crippen molar-refractivity contribution in [3.63, 3.8) is 0 Å². The topological polar surface area (TPSA) is 87.7 Å². The van der Waals surface area contributed by atoms with E-state index < -0.39 is 11.8 Å². The highest BCUT2D eigenvalue weighted by molar-refractivity contribution is 6.34. The largest absolute Gasteiger partial charge is 0.483 e. The van der Waals surface area contributed by atoms with E-state index in [1.54, 1.807) is 17.0 Å². The number of rotatable bonds is 5. The summed E-state index contributed by atoms with van der Waals surface area (Å²) in [6, 6.07) is 10.3. The number of anilines is 1. The van der Waals surface area contributed by atoms with Crippen LogP contribution in [-0.4, -0.2) is 30.9 Å². The quantitative estimate of drug-likeness (QED) is 0.735. The zero-order chi connectivity index (χ0) is 21.0. The SMILES string of the molecule is Cc1cccc(C)c1OCC(=O)NNC(=O)c1ccc(Cl)c(N2CCCC2=O)c1. The molecule has 0 aromatic heterocycles. The first-order chi connectivity index (χ1) is 13.9. The van der Waals surface area contributed by atoms with Crippen LogP contribution in [0.3, 0.4) is 0 Å². The highest BCUT2D eigenvalue weighted by Gasteiger charge is 2.24. The molecule has 1 saturated heterocycles. The molecule has 8 heteroatoms. The summed E-state index contributed by atoms with van der Waals surface area (Å²) in [4.78, 5) is 37.9. The van der Waals surface area contributed by atoms with Gasteiger partial charge in [0, 0.05) is 18.5 Å². The number of carbonyl (C=O) groups excluding carboxylic acids is 3. The maximum Gasteiger partial charge on any atom is 0.276 e. The van der Waals surface area contributed by atoms with E-state index in [0.717, 1.165) is 17.5 Å². The standard InChI is InChI=1S/C21H22ClN3O4/c1-13-5-3-6-14(2)20(13)29-12-18(26)23-24-21(28)15-8-9-16(22)17(11-15)25-10-4-7-19(25)27/h3,5-6,8-9,11H,4,7,10,12H2,1-2H3,(H,23,26)(H,24,28). The van der Waals surface area contributed by atoms with E-state index in [-0.39, 0.29) is 18.1 Å². The summed E-state index contributed by atoms with van der Waals surface area (Å²) in [5, 5.41) is 0.392. The van der Waals surface area contributed by atoms with Crippen LogP contribution < -0.4 is 20.5 Å². The van der Waals surface area contributed by atoms with Crippen molar-refractivity contribution in [2.45, 2.75) is 26.7 Å².